The minimum atomic E-state index is 0. The Hall–Kier alpha value is -1.36. The number of nitrogens with one attached hydrogen (secondary N) is 1. The van der Waals surface area contributed by atoms with Gasteiger partial charge in [-0.15, -0.1) is 12.4 Å². The van der Waals surface area contributed by atoms with E-state index in [4.69, 9.17) is 0 Å². The quantitative estimate of drug-likeness (QED) is 0.881. The summed E-state index contributed by atoms with van der Waals surface area (Å²) >= 11 is 0. The molecule has 1 aromatic heterocycles. The Kier molecular flexibility index (Phi) is 7.09. The maximum Gasteiger partial charge on any atom is 0.127 e. The predicted octanol–water partition coefficient (Wildman–Crippen LogP) is 3.12. The second kappa shape index (κ2) is 9.06. The number of nitrogens with zero attached hydrogens (tertiary/aromatic N) is 3. The number of likely N-dealkylation sites (tertiary alicyclic amines) is 1. The number of hydrogen-bond donors (Lipinski definition) is 1. The summed E-state index contributed by atoms with van der Waals surface area (Å²) in [5.74, 6) is 2.03. The summed E-state index contributed by atoms with van der Waals surface area (Å²) in [7, 11) is 2.04. The maximum absolute atomic E-state index is 4.57. The predicted molar refractivity (Wildman–Crippen MR) is 97.4 cm³/mol. The van der Waals surface area contributed by atoms with Gasteiger partial charge >= 0.3 is 0 Å². The average Bonchev–Trinajstić information content (AvgIpc) is 3.03. The van der Waals surface area contributed by atoms with Crippen LogP contribution in [0, 0.1) is 5.92 Å². The van der Waals surface area contributed by atoms with Crippen LogP contribution in [0.2, 0.25) is 0 Å². The molecule has 1 aromatic carbocycles. The van der Waals surface area contributed by atoms with Crippen molar-refractivity contribution >= 4 is 12.4 Å². The van der Waals surface area contributed by atoms with E-state index < -0.39 is 0 Å². The van der Waals surface area contributed by atoms with E-state index in [1.54, 1.807) is 0 Å². The van der Waals surface area contributed by atoms with Gasteiger partial charge in [0.25, 0.3) is 0 Å². The van der Waals surface area contributed by atoms with Crippen LogP contribution in [0.1, 0.15) is 25.1 Å². The zero-order valence-electron chi connectivity index (χ0n) is 13.8. The Morgan fingerprint density at radius 1 is 1.17 bits per heavy atom. The van der Waals surface area contributed by atoms with Crippen LogP contribution in [0.4, 0.5) is 0 Å². The van der Waals surface area contributed by atoms with Crippen LogP contribution in [0.3, 0.4) is 0 Å². The van der Waals surface area contributed by atoms with Crippen molar-refractivity contribution in [3.8, 4) is 5.69 Å². The summed E-state index contributed by atoms with van der Waals surface area (Å²) in [6.07, 6.45) is 7.90. The topological polar surface area (TPSA) is 33.1 Å². The zero-order valence-corrected chi connectivity index (χ0v) is 14.6. The molecule has 0 atom stereocenters. The van der Waals surface area contributed by atoms with Crippen LogP contribution in [-0.2, 0) is 6.54 Å². The zero-order chi connectivity index (χ0) is 15.2. The highest BCUT2D eigenvalue weighted by atomic mass is 35.5. The van der Waals surface area contributed by atoms with Crippen molar-refractivity contribution in [3.05, 3.63) is 48.5 Å². The van der Waals surface area contributed by atoms with Crippen LogP contribution in [-0.4, -0.2) is 41.1 Å². The fourth-order valence-electron chi connectivity index (χ4n) is 3.26. The van der Waals surface area contributed by atoms with Gasteiger partial charge < -0.3 is 9.88 Å². The van der Waals surface area contributed by atoms with E-state index in [0.29, 0.717) is 0 Å². The molecule has 0 spiro atoms. The third kappa shape index (κ3) is 4.80. The Labute approximate surface area is 145 Å². The molecule has 1 fully saturated rings. The van der Waals surface area contributed by atoms with Gasteiger partial charge in [0, 0.05) is 18.1 Å². The Bertz CT molecular complexity index is 561. The summed E-state index contributed by atoms with van der Waals surface area (Å²) < 4.78 is 2.20. The highest BCUT2D eigenvalue weighted by Gasteiger charge is 2.20. The summed E-state index contributed by atoms with van der Waals surface area (Å²) in [6.45, 7) is 4.47. The number of para-hydroxylation sites is 1. The maximum atomic E-state index is 4.57. The Morgan fingerprint density at radius 3 is 2.61 bits per heavy atom. The van der Waals surface area contributed by atoms with Gasteiger partial charge in [-0.2, -0.15) is 0 Å². The summed E-state index contributed by atoms with van der Waals surface area (Å²) in [5, 5.41) is 3.26. The van der Waals surface area contributed by atoms with Gasteiger partial charge in [-0.1, -0.05) is 18.2 Å². The minimum Gasteiger partial charge on any atom is -0.320 e. The molecule has 1 aliphatic rings. The van der Waals surface area contributed by atoms with E-state index >= 15 is 0 Å². The van der Waals surface area contributed by atoms with Crippen molar-refractivity contribution < 1.29 is 0 Å². The number of hydrogen-bond acceptors (Lipinski definition) is 3. The van der Waals surface area contributed by atoms with Gasteiger partial charge in [-0.05, 0) is 64.0 Å². The molecule has 5 heteroatoms. The van der Waals surface area contributed by atoms with Crippen molar-refractivity contribution in [1.82, 2.24) is 19.8 Å². The highest BCUT2D eigenvalue weighted by molar-refractivity contribution is 5.85. The van der Waals surface area contributed by atoms with E-state index in [1.807, 2.05) is 13.2 Å². The molecular formula is C18H27ClN4. The molecule has 4 nitrogen and oxygen atoms in total. The van der Waals surface area contributed by atoms with Crippen LogP contribution in [0.5, 0.6) is 0 Å². The SMILES string of the molecule is CNCCC1CCN(Cc2nccn2-c2ccccc2)CC1.Cl. The number of piperidine rings is 1. The molecule has 2 heterocycles. The Balaban J connectivity index is 0.00000192. The van der Waals surface area contributed by atoms with Crippen LogP contribution in [0.25, 0.3) is 5.69 Å². The lowest BCUT2D eigenvalue weighted by atomic mass is 9.93. The second-order valence-corrected chi connectivity index (χ2v) is 6.16. The molecule has 0 aliphatic carbocycles. The number of rotatable bonds is 6. The molecule has 1 saturated heterocycles. The molecule has 1 N–H and O–H groups in total. The fourth-order valence-corrected chi connectivity index (χ4v) is 3.26. The van der Waals surface area contributed by atoms with E-state index in [2.05, 4.69) is 56.3 Å². The molecule has 0 amide bonds. The molecule has 23 heavy (non-hydrogen) atoms. The highest BCUT2D eigenvalue weighted by Crippen LogP contribution is 2.21. The molecule has 0 saturated carbocycles. The lowest BCUT2D eigenvalue weighted by molar-refractivity contribution is 0.168. The van der Waals surface area contributed by atoms with Gasteiger partial charge in [-0.25, -0.2) is 4.98 Å². The summed E-state index contributed by atoms with van der Waals surface area (Å²) in [6, 6.07) is 10.5. The largest absolute Gasteiger partial charge is 0.320 e. The van der Waals surface area contributed by atoms with Gasteiger partial charge in [0.1, 0.15) is 5.82 Å². The van der Waals surface area contributed by atoms with Gasteiger partial charge in [-0.3, -0.25) is 4.90 Å². The van der Waals surface area contributed by atoms with Crippen molar-refractivity contribution in [1.29, 1.82) is 0 Å². The monoisotopic (exact) mass is 334 g/mol. The molecular weight excluding hydrogens is 308 g/mol. The van der Waals surface area contributed by atoms with Crippen molar-refractivity contribution in [2.24, 2.45) is 5.92 Å². The normalized spacial score (nSPS) is 16.2. The van der Waals surface area contributed by atoms with Gasteiger partial charge in [0.2, 0.25) is 0 Å². The second-order valence-electron chi connectivity index (χ2n) is 6.16. The standard InChI is InChI=1S/C18H26N4.ClH/c1-19-10-7-16-8-12-21(13-9-16)15-18-20-11-14-22(18)17-5-3-2-4-6-17;/h2-6,11,14,16,19H,7-10,12-13,15H2,1H3;1H. The van der Waals surface area contributed by atoms with E-state index in [-0.39, 0.29) is 12.4 Å². The number of halogens is 1. The first-order valence-corrected chi connectivity index (χ1v) is 8.31. The van der Waals surface area contributed by atoms with Gasteiger partial charge in [0.05, 0.1) is 6.54 Å². The first kappa shape index (κ1) is 18.0. The minimum absolute atomic E-state index is 0. The Morgan fingerprint density at radius 2 is 1.91 bits per heavy atom. The molecule has 126 valence electrons. The summed E-state index contributed by atoms with van der Waals surface area (Å²) in [4.78, 5) is 7.11. The van der Waals surface area contributed by atoms with E-state index in [9.17, 15) is 0 Å². The molecule has 1 aliphatic heterocycles. The molecule has 3 rings (SSSR count). The van der Waals surface area contributed by atoms with Gasteiger partial charge in [0.15, 0.2) is 0 Å². The third-order valence-corrected chi connectivity index (χ3v) is 4.63. The number of benzene rings is 1. The van der Waals surface area contributed by atoms with Crippen molar-refractivity contribution in [2.75, 3.05) is 26.7 Å². The van der Waals surface area contributed by atoms with Crippen molar-refractivity contribution in [3.63, 3.8) is 0 Å². The number of aromatic nitrogens is 2. The van der Waals surface area contributed by atoms with Crippen LogP contribution in [0.15, 0.2) is 42.7 Å². The van der Waals surface area contributed by atoms with E-state index in [1.165, 1.54) is 38.0 Å². The van der Waals surface area contributed by atoms with Crippen molar-refractivity contribution in [2.45, 2.75) is 25.8 Å². The summed E-state index contributed by atoms with van der Waals surface area (Å²) in [5.41, 5.74) is 1.19. The fraction of sp³-hybridized carbons (Fsp3) is 0.500. The lowest BCUT2D eigenvalue weighted by Crippen LogP contribution is -2.34. The molecule has 0 unspecified atom stereocenters. The average molecular weight is 335 g/mol. The first-order valence-electron chi connectivity index (χ1n) is 8.31. The molecule has 2 aromatic rings. The van der Waals surface area contributed by atoms with Crippen LogP contribution >= 0.6 is 12.4 Å². The van der Waals surface area contributed by atoms with E-state index in [0.717, 1.165) is 24.8 Å². The molecule has 0 radical (unpaired) electrons. The van der Waals surface area contributed by atoms with Crippen LogP contribution < -0.4 is 5.32 Å². The third-order valence-electron chi connectivity index (χ3n) is 4.63. The smallest absolute Gasteiger partial charge is 0.127 e. The lowest BCUT2D eigenvalue weighted by Gasteiger charge is -2.31. The first-order chi connectivity index (χ1) is 10.9. The number of imidazole rings is 1. The molecule has 0 bridgehead atoms.